The predicted molar refractivity (Wildman–Crippen MR) is 172 cm³/mol. The molecule has 0 saturated carbocycles. The molecular formula is C36H54ClFNO2+. The second-order valence-corrected chi connectivity index (χ2v) is 12.0. The van der Waals surface area contributed by atoms with Crippen LogP contribution < -0.4 is 9.47 Å². The Morgan fingerprint density at radius 1 is 0.805 bits per heavy atom. The Morgan fingerprint density at radius 2 is 1.44 bits per heavy atom. The molecule has 1 aliphatic rings. The number of nitrogens with zero attached hydrogens (tertiary/aromatic N) is 1. The molecule has 0 bridgehead atoms. The van der Waals surface area contributed by atoms with E-state index in [1.807, 2.05) is 6.07 Å². The third-order valence-electron chi connectivity index (χ3n) is 8.44. The molecular weight excluding hydrogens is 533 g/mol. The van der Waals surface area contributed by atoms with E-state index >= 15 is 0 Å². The van der Waals surface area contributed by atoms with Crippen LogP contribution in [-0.4, -0.2) is 30.5 Å². The van der Waals surface area contributed by atoms with Gasteiger partial charge < -0.3 is 9.47 Å². The molecule has 3 rings (SSSR count). The molecule has 0 aliphatic carbocycles. The summed E-state index contributed by atoms with van der Waals surface area (Å²) in [6.07, 6.45) is 20.9. The first-order valence-electron chi connectivity index (χ1n) is 16.5. The van der Waals surface area contributed by atoms with E-state index in [0.717, 1.165) is 43.7 Å². The molecule has 1 aliphatic heterocycles. The molecule has 0 aromatic heterocycles. The maximum absolute atomic E-state index is 14.8. The molecule has 0 spiro atoms. The number of hydrogen-bond acceptors (Lipinski definition) is 2. The summed E-state index contributed by atoms with van der Waals surface area (Å²) in [5.41, 5.74) is 4.31. The van der Waals surface area contributed by atoms with Crippen molar-refractivity contribution in [1.29, 1.82) is 0 Å². The second kappa shape index (κ2) is 19.2. The standard InChI is InChI=1S/C36H54ClFNO2/c1-4-6-8-10-12-13-14-15-17-22-34-29-23-24-35(40-3)36(41-27-18-16-11-9-7-5-2)30(29)25-26-39(34)28-31-32(37)20-19-21-33(31)38/h19-21,23-24H,4-18,22,25-28H2,1-3H3/q+1. The Labute approximate surface area is 254 Å². The van der Waals surface area contributed by atoms with E-state index in [0.29, 0.717) is 23.7 Å². The van der Waals surface area contributed by atoms with Crippen LogP contribution in [0.1, 0.15) is 133 Å². The number of methoxy groups -OCH3 is 1. The van der Waals surface area contributed by atoms with Crippen molar-refractivity contribution in [2.45, 2.75) is 130 Å². The number of hydrogen-bond donors (Lipinski definition) is 0. The lowest BCUT2D eigenvalue weighted by Crippen LogP contribution is -2.31. The summed E-state index contributed by atoms with van der Waals surface area (Å²) in [5.74, 6) is 1.47. The van der Waals surface area contributed by atoms with Crippen LogP contribution in [0, 0.1) is 5.82 Å². The quantitative estimate of drug-likeness (QED) is 0.107. The highest BCUT2D eigenvalue weighted by Gasteiger charge is 2.30. The van der Waals surface area contributed by atoms with Crippen molar-refractivity contribution in [2.75, 3.05) is 20.3 Å². The van der Waals surface area contributed by atoms with Gasteiger partial charge in [-0.1, -0.05) is 115 Å². The summed E-state index contributed by atoms with van der Waals surface area (Å²) in [4.78, 5) is 0. The molecule has 0 saturated heterocycles. The molecule has 0 fully saturated rings. The van der Waals surface area contributed by atoms with E-state index in [2.05, 4.69) is 24.5 Å². The first-order valence-corrected chi connectivity index (χ1v) is 16.8. The van der Waals surface area contributed by atoms with Gasteiger partial charge in [0.1, 0.15) is 12.4 Å². The van der Waals surface area contributed by atoms with Gasteiger partial charge in [-0.25, -0.2) is 8.97 Å². The van der Waals surface area contributed by atoms with E-state index in [1.54, 1.807) is 19.2 Å². The molecule has 2 aromatic rings. The Balaban J connectivity index is 1.76. The summed E-state index contributed by atoms with van der Waals surface area (Å²) < 4.78 is 29.3. The fourth-order valence-corrected chi connectivity index (χ4v) is 6.22. The second-order valence-electron chi connectivity index (χ2n) is 11.6. The number of benzene rings is 2. The van der Waals surface area contributed by atoms with Crippen molar-refractivity contribution in [3.8, 4) is 11.5 Å². The molecule has 228 valence electrons. The Bertz CT molecular complexity index is 1060. The SMILES string of the molecule is CCCCCCCCCCCC1=[N+](Cc2c(F)cccc2Cl)CCc2c1ccc(OC)c2OCCCCCCCC. The third kappa shape index (κ3) is 10.6. The molecule has 0 unspecified atom stereocenters. The number of fused-ring (bicyclic) bond motifs is 1. The summed E-state index contributed by atoms with van der Waals surface area (Å²) in [6.45, 7) is 6.52. The lowest BCUT2D eigenvalue weighted by atomic mass is 9.91. The van der Waals surface area contributed by atoms with Gasteiger partial charge in [0.15, 0.2) is 23.8 Å². The number of unbranched alkanes of at least 4 members (excludes halogenated alkanes) is 13. The average Bonchev–Trinajstić information content (AvgIpc) is 2.98. The fraction of sp³-hybridized carbons (Fsp3) is 0.639. The topological polar surface area (TPSA) is 21.5 Å². The van der Waals surface area contributed by atoms with Gasteiger partial charge in [-0.05, 0) is 37.1 Å². The maximum Gasteiger partial charge on any atom is 0.184 e. The van der Waals surface area contributed by atoms with Crippen molar-refractivity contribution in [2.24, 2.45) is 0 Å². The monoisotopic (exact) mass is 586 g/mol. The van der Waals surface area contributed by atoms with Crippen LogP contribution in [-0.2, 0) is 13.0 Å². The summed E-state index contributed by atoms with van der Waals surface area (Å²) >= 11 is 6.47. The Morgan fingerprint density at radius 3 is 2.07 bits per heavy atom. The smallest absolute Gasteiger partial charge is 0.184 e. The summed E-state index contributed by atoms with van der Waals surface area (Å²) in [5, 5.41) is 0.496. The first kappa shape index (κ1) is 33.4. The number of rotatable bonds is 21. The molecule has 0 amide bonds. The summed E-state index contributed by atoms with van der Waals surface area (Å²) in [7, 11) is 1.72. The molecule has 2 aromatic carbocycles. The van der Waals surface area contributed by atoms with Crippen molar-refractivity contribution in [1.82, 2.24) is 0 Å². The maximum atomic E-state index is 14.8. The zero-order valence-corrected chi connectivity index (χ0v) is 26.8. The highest BCUT2D eigenvalue weighted by Crippen LogP contribution is 2.37. The lowest BCUT2D eigenvalue weighted by molar-refractivity contribution is -0.546. The van der Waals surface area contributed by atoms with Gasteiger partial charge in [0, 0.05) is 24.0 Å². The highest BCUT2D eigenvalue weighted by atomic mass is 35.5. The normalized spacial score (nSPS) is 13.0. The van der Waals surface area contributed by atoms with Crippen molar-refractivity contribution in [3.63, 3.8) is 0 Å². The van der Waals surface area contributed by atoms with Crippen LogP contribution in [0.2, 0.25) is 5.02 Å². The zero-order valence-electron chi connectivity index (χ0n) is 26.0. The first-order chi connectivity index (χ1) is 20.1. The summed E-state index contributed by atoms with van der Waals surface area (Å²) in [6, 6.07) is 9.21. The lowest BCUT2D eigenvalue weighted by Gasteiger charge is -2.23. The Kier molecular flexibility index (Phi) is 15.6. The van der Waals surface area contributed by atoms with Gasteiger partial charge in [-0.15, -0.1) is 0 Å². The van der Waals surface area contributed by atoms with Crippen LogP contribution in [0.25, 0.3) is 0 Å². The molecule has 41 heavy (non-hydrogen) atoms. The van der Waals surface area contributed by atoms with Crippen LogP contribution in [0.3, 0.4) is 0 Å². The highest BCUT2D eigenvalue weighted by molar-refractivity contribution is 6.31. The van der Waals surface area contributed by atoms with Crippen molar-refractivity contribution < 1.29 is 18.4 Å². The van der Waals surface area contributed by atoms with Crippen molar-refractivity contribution >= 4 is 17.3 Å². The minimum atomic E-state index is -0.233. The van der Waals surface area contributed by atoms with E-state index in [-0.39, 0.29) is 5.82 Å². The Hall–Kier alpha value is -2.07. The van der Waals surface area contributed by atoms with Gasteiger partial charge >= 0.3 is 0 Å². The average molecular weight is 587 g/mol. The van der Waals surface area contributed by atoms with Gasteiger partial charge in [0.25, 0.3) is 0 Å². The van der Waals surface area contributed by atoms with Crippen LogP contribution >= 0.6 is 11.6 Å². The van der Waals surface area contributed by atoms with Gasteiger partial charge in [0.05, 0.1) is 24.3 Å². The fourth-order valence-electron chi connectivity index (χ4n) is 6.00. The zero-order chi connectivity index (χ0) is 29.3. The molecule has 0 radical (unpaired) electrons. The van der Waals surface area contributed by atoms with Gasteiger partial charge in [0.2, 0.25) is 0 Å². The van der Waals surface area contributed by atoms with E-state index in [4.69, 9.17) is 21.1 Å². The minimum Gasteiger partial charge on any atom is -0.493 e. The predicted octanol–water partition coefficient (Wildman–Crippen LogP) is 10.7. The minimum absolute atomic E-state index is 0.233. The van der Waals surface area contributed by atoms with Crippen LogP contribution in [0.4, 0.5) is 4.39 Å². The number of ether oxygens (including phenoxy) is 2. The van der Waals surface area contributed by atoms with Crippen LogP contribution in [0.5, 0.6) is 11.5 Å². The van der Waals surface area contributed by atoms with E-state index in [1.165, 1.54) is 106 Å². The van der Waals surface area contributed by atoms with E-state index in [9.17, 15) is 4.39 Å². The molecule has 5 heteroatoms. The van der Waals surface area contributed by atoms with E-state index < -0.39 is 0 Å². The van der Waals surface area contributed by atoms with Crippen molar-refractivity contribution in [3.05, 3.63) is 57.9 Å². The third-order valence-corrected chi connectivity index (χ3v) is 8.79. The molecule has 1 heterocycles. The molecule has 3 nitrogen and oxygen atoms in total. The molecule has 0 N–H and O–H groups in total. The number of halogens is 2. The van der Waals surface area contributed by atoms with Crippen LogP contribution in [0.15, 0.2) is 30.3 Å². The van der Waals surface area contributed by atoms with Gasteiger partial charge in [-0.2, -0.15) is 0 Å². The molecule has 0 atom stereocenters. The van der Waals surface area contributed by atoms with Gasteiger partial charge in [-0.3, -0.25) is 0 Å². The largest absolute Gasteiger partial charge is 0.493 e.